The van der Waals surface area contributed by atoms with E-state index in [4.69, 9.17) is 5.14 Å². The van der Waals surface area contributed by atoms with Gasteiger partial charge in [-0.25, -0.2) is 5.14 Å². The van der Waals surface area contributed by atoms with Gasteiger partial charge in [-0.05, 0) is 12.3 Å². The lowest BCUT2D eigenvalue weighted by molar-refractivity contribution is 0.542. The van der Waals surface area contributed by atoms with E-state index in [0.717, 1.165) is 19.3 Å². The minimum Gasteiger partial charge on any atom is -0.376 e. The lowest BCUT2D eigenvalue weighted by Gasteiger charge is -2.06. The Kier molecular flexibility index (Phi) is 6.51. The second kappa shape index (κ2) is 6.79. The zero-order chi connectivity index (χ0) is 11.9. The predicted octanol–water partition coefficient (Wildman–Crippen LogP) is 1.02. The van der Waals surface area contributed by atoms with Crippen LogP contribution in [0.25, 0.3) is 0 Å². The van der Waals surface area contributed by atoms with E-state index in [0.29, 0.717) is 18.2 Å². The molecule has 0 rings (SSSR count). The van der Waals surface area contributed by atoms with Gasteiger partial charge < -0.3 is 5.32 Å². The quantitative estimate of drug-likeness (QED) is 0.409. The molecule has 0 spiro atoms. The van der Waals surface area contributed by atoms with Crippen molar-refractivity contribution in [2.75, 3.05) is 7.05 Å². The number of amidine groups is 1. The monoisotopic (exact) mass is 235 g/mol. The summed E-state index contributed by atoms with van der Waals surface area (Å²) in [5.41, 5.74) is 0. The smallest absolute Gasteiger partial charge is 0.318 e. The first-order valence-electron chi connectivity index (χ1n) is 5.14. The molecule has 0 aliphatic heterocycles. The molecule has 0 unspecified atom stereocenters. The predicted molar refractivity (Wildman–Crippen MR) is 62.9 cm³/mol. The van der Waals surface area contributed by atoms with Crippen LogP contribution >= 0.6 is 0 Å². The van der Waals surface area contributed by atoms with Crippen LogP contribution in [0, 0.1) is 5.92 Å². The maximum Gasteiger partial charge on any atom is 0.318 e. The van der Waals surface area contributed by atoms with Crippen molar-refractivity contribution < 1.29 is 8.42 Å². The van der Waals surface area contributed by atoms with Gasteiger partial charge in [0.15, 0.2) is 0 Å². The van der Waals surface area contributed by atoms with Crippen LogP contribution in [-0.2, 0) is 10.2 Å². The molecule has 6 heteroatoms. The molecule has 3 N–H and O–H groups in total. The summed E-state index contributed by atoms with van der Waals surface area (Å²) < 4.78 is 24.8. The number of nitrogens with two attached hydrogens (primary N) is 1. The Morgan fingerprint density at radius 3 is 2.40 bits per heavy atom. The first-order chi connectivity index (χ1) is 6.85. The highest BCUT2D eigenvalue weighted by Gasteiger charge is 2.03. The fraction of sp³-hybridized carbons (Fsp3) is 0.889. The maximum atomic E-state index is 10.7. The highest BCUT2D eigenvalue weighted by atomic mass is 32.2. The van der Waals surface area contributed by atoms with Crippen molar-refractivity contribution in [2.24, 2.45) is 15.5 Å². The Morgan fingerprint density at radius 1 is 1.40 bits per heavy atom. The molecule has 0 heterocycles. The molecule has 0 saturated heterocycles. The number of hydrogen-bond donors (Lipinski definition) is 2. The minimum absolute atomic E-state index is 0.432. The van der Waals surface area contributed by atoms with E-state index in [1.165, 1.54) is 0 Å². The molecule has 0 atom stereocenters. The second-order valence-electron chi connectivity index (χ2n) is 3.94. The molecule has 0 fully saturated rings. The van der Waals surface area contributed by atoms with E-state index >= 15 is 0 Å². The van der Waals surface area contributed by atoms with Crippen LogP contribution in [-0.4, -0.2) is 21.3 Å². The molecule has 0 aliphatic carbocycles. The standard InChI is InChI=1S/C9H21N3O2S/c1-8(2)6-4-5-7-9(11-3)12-15(10,13)14/h8H,4-7H2,1-3H3,(H,11,12)(H2,10,13,14). The number of rotatable bonds is 6. The van der Waals surface area contributed by atoms with Crippen LogP contribution < -0.4 is 10.5 Å². The third-order valence-corrected chi connectivity index (χ3v) is 2.45. The third kappa shape index (κ3) is 9.68. The van der Waals surface area contributed by atoms with Crippen molar-refractivity contribution in [3.8, 4) is 0 Å². The molecule has 90 valence electrons. The van der Waals surface area contributed by atoms with Crippen molar-refractivity contribution in [3.63, 3.8) is 0 Å². The molecule has 0 saturated carbocycles. The molecule has 0 aromatic rings. The maximum absolute atomic E-state index is 10.7. The molecule has 0 aliphatic rings. The summed E-state index contributed by atoms with van der Waals surface area (Å²) in [6, 6.07) is 0. The van der Waals surface area contributed by atoms with Gasteiger partial charge in [0, 0.05) is 13.5 Å². The molecular formula is C9H21N3O2S. The van der Waals surface area contributed by atoms with Crippen LogP contribution in [0.2, 0.25) is 0 Å². The normalized spacial score (nSPS) is 13.3. The van der Waals surface area contributed by atoms with Crippen LogP contribution in [0.4, 0.5) is 0 Å². The van der Waals surface area contributed by atoms with E-state index in [9.17, 15) is 8.42 Å². The topological polar surface area (TPSA) is 84.5 Å². The van der Waals surface area contributed by atoms with Gasteiger partial charge in [-0.15, -0.1) is 4.40 Å². The molecule has 15 heavy (non-hydrogen) atoms. The summed E-state index contributed by atoms with van der Waals surface area (Å²) in [6.07, 6.45) is 3.77. The number of nitrogens with one attached hydrogen (secondary N) is 1. The zero-order valence-corrected chi connectivity index (χ0v) is 10.5. The van der Waals surface area contributed by atoms with Crippen molar-refractivity contribution in [1.29, 1.82) is 0 Å². The Bertz CT molecular complexity index is 296. The van der Waals surface area contributed by atoms with E-state index in [1.54, 1.807) is 7.05 Å². The van der Waals surface area contributed by atoms with Crippen molar-refractivity contribution in [3.05, 3.63) is 0 Å². The fourth-order valence-electron chi connectivity index (χ4n) is 1.21. The van der Waals surface area contributed by atoms with E-state index < -0.39 is 10.2 Å². The molecule has 0 amide bonds. The summed E-state index contributed by atoms with van der Waals surface area (Å²) in [5.74, 6) is 1.11. The van der Waals surface area contributed by atoms with Gasteiger partial charge in [0.05, 0.1) is 0 Å². The van der Waals surface area contributed by atoms with Crippen LogP contribution in [0.1, 0.15) is 39.5 Å². The summed E-state index contributed by atoms with van der Waals surface area (Å²) in [5, 5.41) is 7.55. The Balaban J connectivity index is 3.97. The van der Waals surface area contributed by atoms with Gasteiger partial charge in [0.1, 0.15) is 5.84 Å². The molecule has 5 nitrogen and oxygen atoms in total. The summed E-state index contributed by atoms with van der Waals surface area (Å²) >= 11 is 0. The Morgan fingerprint density at radius 2 is 2.00 bits per heavy atom. The first kappa shape index (κ1) is 14.4. The van der Waals surface area contributed by atoms with Crippen molar-refractivity contribution in [2.45, 2.75) is 39.5 Å². The average molecular weight is 235 g/mol. The fourth-order valence-corrected chi connectivity index (χ4v) is 1.70. The van der Waals surface area contributed by atoms with Gasteiger partial charge >= 0.3 is 10.2 Å². The lowest BCUT2D eigenvalue weighted by Crippen LogP contribution is -2.22. The van der Waals surface area contributed by atoms with E-state index in [1.807, 2.05) is 0 Å². The van der Waals surface area contributed by atoms with Gasteiger partial charge in [-0.2, -0.15) is 8.42 Å². The molecular weight excluding hydrogens is 214 g/mol. The van der Waals surface area contributed by atoms with Crippen molar-refractivity contribution in [1.82, 2.24) is 5.32 Å². The zero-order valence-electron chi connectivity index (χ0n) is 9.66. The van der Waals surface area contributed by atoms with Gasteiger partial charge in [0.2, 0.25) is 0 Å². The number of hydrogen-bond acceptors (Lipinski definition) is 2. The van der Waals surface area contributed by atoms with Gasteiger partial charge in [0.25, 0.3) is 0 Å². The van der Waals surface area contributed by atoms with E-state index in [-0.39, 0.29) is 0 Å². The minimum atomic E-state index is -3.76. The van der Waals surface area contributed by atoms with Gasteiger partial charge in [-0.1, -0.05) is 26.7 Å². The molecule has 0 aromatic heterocycles. The van der Waals surface area contributed by atoms with E-state index in [2.05, 4.69) is 23.6 Å². The SMILES string of the molecule is CN/C(CCCCC(C)C)=N\S(N)(=O)=O. The Hall–Kier alpha value is -0.620. The van der Waals surface area contributed by atoms with Crippen molar-refractivity contribution >= 4 is 16.0 Å². The average Bonchev–Trinajstić information content (AvgIpc) is 2.08. The first-order valence-corrected chi connectivity index (χ1v) is 6.64. The molecule has 0 aromatic carbocycles. The van der Waals surface area contributed by atoms with Gasteiger partial charge in [-0.3, -0.25) is 0 Å². The number of unbranched alkanes of at least 4 members (excludes halogenated alkanes) is 1. The highest BCUT2D eigenvalue weighted by Crippen LogP contribution is 2.08. The highest BCUT2D eigenvalue weighted by molar-refractivity contribution is 7.88. The number of nitrogens with zero attached hydrogens (tertiary/aromatic N) is 1. The summed E-state index contributed by atoms with van der Waals surface area (Å²) in [7, 11) is -2.12. The molecule has 0 radical (unpaired) electrons. The Labute approximate surface area is 92.3 Å². The van der Waals surface area contributed by atoms with Crippen LogP contribution in [0.3, 0.4) is 0 Å². The van der Waals surface area contributed by atoms with Crippen LogP contribution in [0.5, 0.6) is 0 Å². The summed E-state index contributed by atoms with van der Waals surface area (Å²) in [6.45, 7) is 4.33. The largest absolute Gasteiger partial charge is 0.376 e. The molecule has 0 bridgehead atoms. The lowest BCUT2D eigenvalue weighted by atomic mass is 10.1. The third-order valence-electron chi connectivity index (χ3n) is 1.97. The summed E-state index contributed by atoms with van der Waals surface area (Å²) in [4.78, 5) is 0. The second-order valence-corrected chi connectivity index (χ2v) is 5.16. The van der Waals surface area contributed by atoms with Crippen LogP contribution in [0.15, 0.2) is 4.40 Å².